The van der Waals surface area contributed by atoms with Gasteiger partial charge in [-0.15, -0.1) is 0 Å². The van der Waals surface area contributed by atoms with Crippen molar-refractivity contribution < 1.29 is 4.74 Å². The van der Waals surface area contributed by atoms with Gasteiger partial charge in [0.2, 0.25) is 0 Å². The number of para-hydroxylation sites is 1. The summed E-state index contributed by atoms with van der Waals surface area (Å²) >= 11 is 0. The van der Waals surface area contributed by atoms with Crippen LogP contribution in [0, 0.1) is 6.92 Å². The van der Waals surface area contributed by atoms with Gasteiger partial charge in [0.25, 0.3) is 0 Å². The van der Waals surface area contributed by atoms with Crippen LogP contribution >= 0.6 is 0 Å². The Morgan fingerprint density at radius 2 is 1.74 bits per heavy atom. The highest BCUT2D eigenvalue weighted by molar-refractivity contribution is 5.66. The third-order valence-corrected chi connectivity index (χ3v) is 3.49. The standard InChI is InChI=1S/C18H14N4O/c1-13-12-22-8-7-14(9-17(22)21-13)15-10-19-18(20-11-15)23-16-5-3-2-4-6-16/h2-12H,1H3. The SMILES string of the molecule is Cc1cn2ccc(-c3cnc(Oc4ccccc4)nc3)cc2n1. The molecule has 1 aromatic carbocycles. The molecule has 0 saturated heterocycles. The van der Waals surface area contributed by atoms with Crippen LogP contribution in [0.15, 0.2) is 67.3 Å². The van der Waals surface area contributed by atoms with Gasteiger partial charge in [0.1, 0.15) is 11.4 Å². The smallest absolute Gasteiger partial charge is 0.321 e. The van der Waals surface area contributed by atoms with E-state index in [-0.39, 0.29) is 0 Å². The largest absolute Gasteiger partial charge is 0.424 e. The van der Waals surface area contributed by atoms with Crippen molar-refractivity contribution in [3.05, 3.63) is 72.9 Å². The Balaban J connectivity index is 1.61. The molecule has 112 valence electrons. The molecule has 0 unspecified atom stereocenters. The minimum atomic E-state index is 0.331. The predicted octanol–water partition coefficient (Wildman–Crippen LogP) is 3.89. The van der Waals surface area contributed by atoms with Gasteiger partial charge in [0.05, 0.1) is 5.69 Å². The Morgan fingerprint density at radius 3 is 2.52 bits per heavy atom. The van der Waals surface area contributed by atoms with Gasteiger partial charge >= 0.3 is 6.01 Å². The molecule has 4 aromatic rings. The van der Waals surface area contributed by atoms with Crippen molar-refractivity contribution in [3.8, 4) is 22.9 Å². The molecule has 0 spiro atoms. The van der Waals surface area contributed by atoms with Gasteiger partial charge in [-0.2, -0.15) is 0 Å². The maximum absolute atomic E-state index is 5.60. The molecule has 0 aliphatic heterocycles. The Labute approximate surface area is 133 Å². The third kappa shape index (κ3) is 2.76. The van der Waals surface area contributed by atoms with E-state index < -0.39 is 0 Å². The van der Waals surface area contributed by atoms with Crippen molar-refractivity contribution in [2.24, 2.45) is 0 Å². The van der Waals surface area contributed by atoms with Gasteiger partial charge in [0.15, 0.2) is 0 Å². The number of pyridine rings is 1. The van der Waals surface area contributed by atoms with Crippen LogP contribution < -0.4 is 4.74 Å². The molecule has 0 atom stereocenters. The Kier molecular flexibility index (Phi) is 3.24. The van der Waals surface area contributed by atoms with Crippen molar-refractivity contribution in [1.29, 1.82) is 0 Å². The van der Waals surface area contributed by atoms with Gasteiger partial charge < -0.3 is 9.14 Å². The van der Waals surface area contributed by atoms with Gasteiger partial charge in [-0.3, -0.25) is 0 Å². The van der Waals surface area contributed by atoms with Crippen LogP contribution in [0.3, 0.4) is 0 Å². The number of aromatic nitrogens is 4. The quantitative estimate of drug-likeness (QED) is 0.576. The summed E-state index contributed by atoms with van der Waals surface area (Å²) < 4.78 is 7.60. The van der Waals surface area contributed by atoms with Gasteiger partial charge in [-0.25, -0.2) is 15.0 Å². The third-order valence-electron chi connectivity index (χ3n) is 3.49. The summed E-state index contributed by atoms with van der Waals surface area (Å²) in [6.45, 7) is 1.98. The second-order valence-corrected chi connectivity index (χ2v) is 5.23. The molecule has 5 heteroatoms. The fourth-order valence-corrected chi connectivity index (χ4v) is 2.40. The molecule has 0 fully saturated rings. The molecular formula is C18H14N4O. The van der Waals surface area contributed by atoms with Crippen molar-refractivity contribution >= 4 is 5.65 Å². The first-order chi connectivity index (χ1) is 11.3. The molecule has 0 aliphatic carbocycles. The van der Waals surface area contributed by atoms with Gasteiger partial charge in [-0.1, -0.05) is 18.2 Å². The zero-order valence-electron chi connectivity index (χ0n) is 12.5. The van der Waals surface area contributed by atoms with Crippen molar-refractivity contribution in [1.82, 2.24) is 19.4 Å². The van der Waals surface area contributed by atoms with E-state index in [1.165, 1.54) is 0 Å². The Morgan fingerprint density at radius 1 is 0.957 bits per heavy atom. The maximum Gasteiger partial charge on any atom is 0.321 e. The minimum Gasteiger partial charge on any atom is -0.424 e. The summed E-state index contributed by atoms with van der Waals surface area (Å²) in [5.41, 5.74) is 3.84. The van der Waals surface area contributed by atoms with E-state index >= 15 is 0 Å². The van der Waals surface area contributed by atoms with Crippen LogP contribution in [-0.2, 0) is 0 Å². The summed E-state index contributed by atoms with van der Waals surface area (Å²) in [6.07, 6.45) is 7.49. The monoisotopic (exact) mass is 302 g/mol. The maximum atomic E-state index is 5.60. The van der Waals surface area contributed by atoms with Crippen LogP contribution in [0.1, 0.15) is 5.69 Å². The zero-order chi connectivity index (χ0) is 15.6. The average Bonchev–Trinajstić information content (AvgIpc) is 2.95. The van der Waals surface area contributed by atoms with E-state index in [0.29, 0.717) is 6.01 Å². The Hall–Kier alpha value is -3.21. The van der Waals surface area contributed by atoms with Crippen molar-refractivity contribution in [3.63, 3.8) is 0 Å². The lowest BCUT2D eigenvalue weighted by molar-refractivity contribution is 0.442. The molecule has 3 aromatic heterocycles. The molecule has 23 heavy (non-hydrogen) atoms. The molecule has 0 radical (unpaired) electrons. The van der Waals surface area contributed by atoms with Crippen LogP contribution in [-0.4, -0.2) is 19.4 Å². The lowest BCUT2D eigenvalue weighted by atomic mass is 10.1. The zero-order valence-corrected chi connectivity index (χ0v) is 12.5. The molecule has 3 heterocycles. The second-order valence-electron chi connectivity index (χ2n) is 5.23. The minimum absolute atomic E-state index is 0.331. The molecule has 5 nitrogen and oxygen atoms in total. The first-order valence-corrected chi connectivity index (χ1v) is 7.29. The van der Waals surface area contributed by atoms with Crippen LogP contribution in [0.4, 0.5) is 0 Å². The normalized spacial score (nSPS) is 10.8. The van der Waals surface area contributed by atoms with E-state index in [2.05, 4.69) is 15.0 Å². The van der Waals surface area contributed by atoms with Crippen LogP contribution in [0.25, 0.3) is 16.8 Å². The molecule has 0 bridgehead atoms. The first kappa shape index (κ1) is 13.5. The highest BCUT2D eigenvalue weighted by atomic mass is 16.5. The number of ether oxygens (including phenoxy) is 1. The van der Waals surface area contributed by atoms with E-state index in [1.807, 2.05) is 66.2 Å². The summed E-state index contributed by atoms with van der Waals surface area (Å²) in [5, 5.41) is 0. The average molecular weight is 302 g/mol. The summed E-state index contributed by atoms with van der Waals surface area (Å²) in [7, 11) is 0. The number of hydrogen-bond acceptors (Lipinski definition) is 4. The predicted molar refractivity (Wildman–Crippen MR) is 87.5 cm³/mol. The number of aryl methyl sites for hydroxylation is 1. The first-order valence-electron chi connectivity index (χ1n) is 7.29. The van der Waals surface area contributed by atoms with Gasteiger partial charge in [0, 0.05) is 30.4 Å². The molecule has 4 rings (SSSR count). The number of hydrogen-bond donors (Lipinski definition) is 0. The lowest BCUT2D eigenvalue weighted by Gasteiger charge is -2.05. The highest BCUT2D eigenvalue weighted by Gasteiger charge is 2.05. The number of rotatable bonds is 3. The number of benzene rings is 1. The second kappa shape index (κ2) is 5.53. The van der Waals surface area contributed by atoms with E-state index in [4.69, 9.17) is 4.74 Å². The topological polar surface area (TPSA) is 52.3 Å². The fourth-order valence-electron chi connectivity index (χ4n) is 2.40. The molecule has 0 N–H and O–H groups in total. The van der Waals surface area contributed by atoms with E-state index in [9.17, 15) is 0 Å². The highest BCUT2D eigenvalue weighted by Crippen LogP contribution is 2.22. The number of fused-ring (bicyclic) bond motifs is 1. The van der Waals surface area contributed by atoms with E-state index in [1.54, 1.807) is 12.4 Å². The van der Waals surface area contributed by atoms with Crippen LogP contribution in [0.5, 0.6) is 11.8 Å². The molecule has 0 saturated carbocycles. The Bertz CT molecular complexity index is 946. The fraction of sp³-hybridized carbons (Fsp3) is 0.0556. The summed E-state index contributed by atoms with van der Waals surface area (Å²) in [5.74, 6) is 0.717. The van der Waals surface area contributed by atoms with Crippen molar-refractivity contribution in [2.75, 3.05) is 0 Å². The molecule has 0 aliphatic rings. The molecular weight excluding hydrogens is 288 g/mol. The van der Waals surface area contributed by atoms with Crippen molar-refractivity contribution in [2.45, 2.75) is 6.92 Å². The van der Waals surface area contributed by atoms with E-state index in [0.717, 1.165) is 28.2 Å². The lowest BCUT2D eigenvalue weighted by Crippen LogP contribution is -1.92. The number of imidazole rings is 1. The van der Waals surface area contributed by atoms with Crippen LogP contribution in [0.2, 0.25) is 0 Å². The summed E-state index contributed by atoms with van der Waals surface area (Å²) in [6, 6.07) is 13.9. The number of nitrogens with zero attached hydrogens (tertiary/aromatic N) is 4. The summed E-state index contributed by atoms with van der Waals surface area (Å²) in [4.78, 5) is 13.0. The molecule has 0 amide bonds. The van der Waals surface area contributed by atoms with Gasteiger partial charge in [-0.05, 0) is 36.8 Å².